The molecule has 1 saturated carbocycles. The second-order valence-corrected chi connectivity index (χ2v) is 7.16. The summed E-state index contributed by atoms with van der Waals surface area (Å²) < 4.78 is 0. The number of carbonyl (C=O) groups is 3. The number of aliphatic hydroxyl groups is 1. The topological polar surface area (TPSA) is 107 Å². The van der Waals surface area contributed by atoms with Gasteiger partial charge in [-0.25, -0.2) is 4.79 Å². The van der Waals surface area contributed by atoms with Gasteiger partial charge in [-0.15, -0.1) is 0 Å². The summed E-state index contributed by atoms with van der Waals surface area (Å²) in [6.45, 7) is 2.02. The maximum atomic E-state index is 12.4. The van der Waals surface area contributed by atoms with E-state index in [0.29, 0.717) is 12.3 Å². The van der Waals surface area contributed by atoms with Crippen LogP contribution in [0.4, 0.5) is 0 Å². The second-order valence-electron chi connectivity index (χ2n) is 7.16. The molecule has 136 valence electrons. The van der Waals surface area contributed by atoms with Gasteiger partial charge in [0.2, 0.25) is 11.8 Å². The smallest absolute Gasteiger partial charge is 0.335 e. The van der Waals surface area contributed by atoms with Gasteiger partial charge in [-0.1, -0.05) is 19.3 Å². The summed E-state index contributed by atoms with van der Waals surface area (Å²) >= 11 is 0. The van der Waals surface area contributed by atoms with Crippen molar-refractivity contribution in [3.8, 4) is 0 Å². The molecule has 2 rings (SSSR count). The van der Waals surface area contributed by atoms with E-state index in [0.717, 1.165) is 12.8 Å². The van der Waals surface area contributed by atoms with Crippen molar-refractivity contribution in [1.29, 1.82) is 0 Å². The Labute approximate surface area is 142 Å². The Balaban J connectivity index is 1.77. The summed E-state index contributed by atoms with van der Waals surface area (Å²) in [6, 6.07) is -0.628. The van der Waals surface area contributed by atoms with E-state index in [1.807, 2.05) is 0 Å². The number of nitrogens with one attached hydrogen (secondary N) is 1. The minimum atomic E-state index is -1.75. The zero-order valence-electron chi connectivity index (χ0n) is 14.3. The van der Waals surface area contributed by atoms with Gasteiger partial charge in [-0.2, -0.15) is 0 Å². The molecule has 0 spiro atoms. The van der Waals surface area contributed by atoms with E-state index in [1.165, 1.54) is 24.2 Å². The van der Waals surface area contributed by atoms with Crippen LogP contribution in [0, 0.1) is 5.92 Å². The molecule has 7 nitrogen and oxygen atoms in total. The largest absolute Gasteiger partial charge is 0.479 e. The number of carbonyl (C=O) groups excluding carboxylic acids is 2. The van der Waals surface area contributed by atoms with Gasteiger partial charge in [0.25, 0.3) is 0 Å². The highest BCUT2D eigenvalue weighted by atomic mass is 16.4. The summed E-state index contributed by atoms with van der Waals surface area (Å²) in [4.78, 5) is 37.0. The minimum absolute atomic E-state index is 0.0107. The quantitative estimate of drug-likeness (QED) is 0.689. The molecule has 24 heavy (non-hydrogen) atoms. The summed E-state index contributed by atoms with van der Waals surface area (Å²) in [5.41, 5.74) is -1.75. The van der Waals surface area contributed by atoms with Gasteiger partial charge in [-0.3, -0.25) is 9.59 Å². The first-order valence-electron chi connectivity index (χ1n) is 8.86. The van der Waals surface area contributed by atoms with E-state index in [-0.39, 0.29) is 37.7 Å². The normalized spacial score (nSPS) is 22.7. The molecular formula is C17H28N2O5. The first kappa shape index (κ1) is 18.7. The van der Waals surface area contributed by atoms with Gasteiger partial charge in [-0.05, 0) is 25.7 Å². The lowest BCUT2D eigenvalue weighted by atomic mass is 9.87. The van der Waals surface area contributed by atoms with E-state index >= 15 is 0 Å². The van der Waals surface area contributed by atoms with E-state index in [1.54, 1.807) is 6.92 Å². The number of carboxylic acids is 1. The molecule has 1 unspecified atom stereocenters. The maximum absolute atomic E-state index is 12.4. The molecule has 0 radical (unpaired) electrons. The first-order chi connectivity index (χ1) is 11.3. The number of hydrogen-bond donors (Lipinski definition) is 3. The third-order valence-corrected chi connectivity index (χ3v) is 5.25. The van der Waals surface area contributed by atoms with Crippen LogP contribution in [0.15, 0.2) is 0 Å². The van der Waals surface area contributed by atoms with Crippen molar-refractivity contribution >= 4 is 17.8 Å². The Morgan fingerprint density at radius 2 is 1.75 bits per heavy atom. The standard InChI is InChI=1S/C17H28N2O5/c1-12(18-14(20)11-13-5-3-2-4-6-13)15(21)19-9-7-17(24,8-10-19)16(22)23/h12-13,24H,2-11H2,1H3,(H,18,20)(H,22,23). The van der Waals surface area contributed by atoms with Gasteiger partial charge >= 0.3 is 5.97 Å². The summed E-state index contributed by atoms with van der Waals surface area (Å²) in [5.74, 6) is -1.15. The second kappa shape index (κ2) is 7.96. The SMILES string of the molecule is CC(NC(=O)CC1CCCCC1)C(=O)N1CCC(O)(C(=O)O)CC1. The molecule has 1 atom stereocenters. The third-order valence-electron chi connectivity index (χ3n) is 5.25. The average molecular weight is 340 g/mol. The van der Waals surface area contributed by atoms with E-state index in [9.17, 15) is 19.5 Å². The summed E-state index contributed by atoms with van der Waals surface area (Å²) in [7, 11) is 0. The molecule has 1 saturated heterocycles. The number of aliphatic carboxylic acids is 1. The number of rotatable bonds is 5. The van der Waals surface area contributed by atoms with Crippen molar-refractivity contribution in [3.63, 3.8) is 0 Å². The fraction of sp³-hybridized carbons (Fsp3) is 0.824. The van der Waals surface area contributed by atoms with Crippen molar-refractivity contribution in [1.82, 2.24) is 10.2 Å². The zero-order chi connectivity index (χ0) is 17.7. The van der Waals surface area contributed by atoms with E-state index in [2.05, 4.69) is 5.32 Å². The number of likely N-dealkylation sites (tertiary alicyclic amines) is 1. The van der Waals surface area contributed by atoms with Crippen LogP contribution >= 0.6 is 0 Å². The Morgan fingerprint density at radius 3 is 2.29 bits per heavy atom. The molecule has 0 aromatic heterocycles. The van der Waals surface area contributed by atoms with Crippen LogP contribution in [0.25, 0.3) is 0 Å². The van der Waals surface area contributed by atoms with Crippen molar-refractivity contribution in [2.75, 3.05) is 13.1 Å². The number of piperidine rings is 1. The van der Waals surface area contributed by atoms with Crippen LogP contribution in [-0.4, -0.2) is 57.6 Å². The lowest BCUT2D eigenvalue weighted by molar-refractivity contribution is -0.165. The van der Waals surface area contributed by atoms with Crippen LogP contribution in [0.5, 0.6) is 0 Å². The Hall–Kier alpha value is -1.63. The molecule has 1 heterocycles. The maximum Gasteiger partial charge on any atom is 0.335 e. The highest BCUT2D eigenvalue weighted by molar-refractivity contribution is 5.87. The van der Waals surface area contributed by atoms with Gasteiger partial charge < -0.3 is 20.4 Å². The zero-order valence-corrected chi connectivity index (χ0v) is 14.3. The predicted octanol–water partition coefficient (Wildman–Crippen LogP) is 0.900. The highest BCUT2D eigenvalue weighted by Gasteiger charge is 2.41. The fourth-order valence-electron chi connectivity index (χ4n) is 3.60. The van der Waals surface area contributed by atoms with Gasteiger partial charge in [0.05, 0.1) is 0 Å². The van der Waals surface area contributed by atoms with Crippen LogP contribution in [0.2, 0.25) is 0 Å². The van der Waals surface area contributed by atoms with Gasteiger partial charge in [0, 0.05) is 32.4 Å². The number of hydrogen-bond acceptors (Lipinski definition) is 4. The molecule has 2 aliphatic rings. The lowest BCUT2D eigenvalue weighted by Gasteiger charge is -2.36. The van der Waals surface area contributed by atoms with Crippen molar-refractivity contribution in [2.24, 2.45) is 5.92 Å². The Kier molecular flexibility index (Phi) is 6.21. The summed E-state index contributed by atoms with van der Waals surface area (Å²) in [6.07, 6.45) is 6.24. The Bertz CT molecular complexity index is 479. The van der Waals surface area contributed by atoms with Crippen LogP contribution < -0.4 is 5.32 Å². The van der Waals surface area contributed by atoms with Crippen LogP contribution in [0.1, 0.15) is 58.3 Å². The molecule has 2 fully saturated rings. The molecular weight excluding hydrogens is 312 g/mol. The van der Waals surface area contributed by atoms with E-state index in [4.69, 9.17) is 5.11 Å². The fourth-order valence-corrected chi connectivity index (χ4v) is 3.60. The molecule has 7 heteroatoms. The summed E-state index contributed by atoms with van der Waals surface area (Å²) in [5, 5.41) is 21.7. The van der Waals surface area contributed by atoms with Crippen molar-refractivity contribution in [3.05, 3.63) is 0 Å². The molecule has 1 aliphatic carbocycles. The third kappa shape index (κ3) is 4.69. The Morgan fingerprint density at radius 1 is 1.17 bits per heavy atom. The van der Waals surface area contributed by atoms with Crippen LogP contribution in [0.3, 0.4) is 0 Å². The van der Waals surface area contributed by atoms with E-state index < -0.39 is 17.6 Å². The first-order valence-corrected chi connectivity index (χ1v) is 8.86. The molecule has 2 amide bonds. The molecule has 3 N–H and O–H groups in total. The van der Waals surface area contributed by atoms with Gasteiger partial charge in [0.1, 0.15) is 6.04 Å². The average Bonchev–Trinajstić information content (AvgIpc) is 2.55. The number of nitrogens with zero attached hydrogens (tertiary/aromatic N) is 1. The lowest BCUT2D eigenvalue weighted by Crippen LogP contribution is -2.54. The van der Waals surface area contributed by atoms with Crippen molar-refractivity contribution in [2.45, 2.75) is 69.9 Å². The van der Waals surface area contributed by atoms with Crippen molar-refractivity contribution < 1.29 is 24.6 Å². The highest BCUT2D eigenvalue weighted by Crippen LogP contribution is 2.26. The monoisotopic (exact) mass is 340 g/mol. The predicted molar refractivity (Wildman–Crippen MR) is 87.2 cm³/mol. The number of amides is 2. The molecule has 1 aliphatic heterocycles. The molecule has 0 bridgehead atoms. The molecule has 0 aromatic carbocycles. The molecule has 0 aromatic rings. The van der Waals surface area contributed by atoms with Crippen LogP contribution in [-0.2, 0) is 14.4 Å². The van der Waals surface area contributed by atoms with Gasteiger partial charge in [0.15, 0.2) is 5.60 Å². The number of carboxylic acid groups (broad SMARTS) is 1. The minimum Gasteiger partial charge on any atom is -0.479 e.